The Labute approximate surface area is 323 Å². The molecule has 300 valence electrons. The van der Waals surface area contributed by atoms with Crippen LogP contribution in [-0.2, 0) is 15.0 Å². The first-order chi connectivity index (χ1) is 26.1. The number of rotatable bonds is 27. The van der Waals surface area contributed by atoms with Crippen LogP contribution in [-0.4, -0.2) is 75.0 Å². The van der Waals surface area contributed by atoms with E-state index >= 15 is 0 Å². The van der Waals surface area contributed by atoms with E-state index in [0.717, 1.165) is 49.8 Å². The van der Waals surface area contributed by atoms with Crippen LogP contribution in [0.25, 0.3) is 0 Å². The summed E-state index contributed by atoms with van der Waals surface area (Å²) in [5.74, 6) is 1.78. The minimum atomic E-state index is -0.762. The van der Waals surface area contributed by atoms with Gasteiger partial charge in [0, 0.05) is 19.1 Å². The van der Waals surface area contributed by atoms with E-state index in [1.807, 2.05) is 47.5 Å². The number of nitrogens with one attached hydrogen (secondary N) is 1. The maximum atomic E-state index is 12.5. The summed E-state index contributed by atoms with van der Waals surface area (Å²) in [4.78, 5) is 29.7. The lowest BCUT2D eigenvalue weighted by Gasteiger charge is -2.31. The predicted molar refractivity (Wildman–Crippen MR) is 211 cm³/mol. The Bertz CT molecular complexity index is 1430. The average Bonchev–Trinajstić information content (AvgIpc) is 3.19. The number of amides is 1. The molecule has 1 saturated heterocycles. The molecule has 2 unspecified atom stereocenters. The summed E-state index contributed by atoms with van der Waals surface area (Å²) in [5, 5.41) is 22.2. The number of benzene rings is 2. The molecule has 1 aliphatic heterocycles. The molecule has 0 bridgehead atoms. The van der Waals surface area contributed by atoms with Crippen LogP contribution >= 0.6 is 0 Å². The number of carbonyl (C=O) groups is 1. The third-order valence-corrected chi connectivity index (χ3v) is 10.9. The van der Waals surface area contributed by atoms with E-state index in [-0.39, 0.29) is 31.1 Å². The third-order valence-electron chi connectivity index (χ3n) is 10.9. The molecule has 3 rings (SSSR count). The number of ether oxygens (including phenoxy) is 3. The number of piperidine rings is 1. The molecule has 1 N–H and O–H groups in total. The fraction of sp³-hybridized carbons (Fsp3) is 0.667. The van der Waals surface area contributed by atoms with E-state index in [9.17, 15) is 20.2 Å². The van der Waals surface area contributed by atoms with Gasteiger partial charge in [0.15, 0.2) is 18.1 Å². The molecular weight excluding hydrogens is 686 g/mol. The third kappa shape index (κ3) is 15.0. The van der Waals surface area contributed by atoms with Gasteiger partial charge in [0.05, 0.1) is 32.3 Å². The van der Waals surface area contributed by atoms with Crippen molar-refractivity contribution in [3.05, 3.63) is 63.7 Å². The van der Waals surface area contributed by atoms with Gasteiger partial charge in [-0.1, -0.05) is 89.3 Å². The van der Waals surface area contributed by atoms with Crippen molar-refractivity contribution in [2.24, 2.45) is 5.92 Å². The molecular formula is C42H65N5O7. The molecule has 2 aromatic rings. The molecule has 1 amide bonds. The number of hydrazine groups is 1. The normalized spacial score (nSPS) is 15.2. The smallest absolute Gasteiger partial charge is 0.294 e. The van der Waals surface area contributed by atoms with Gasteiger partial charge < -0.3 is 19.0 Å². The summed E-state index contributed by atoms with van der Waals surface area (Å²) >= 11 is 0. The first-order valence-corrected chi connectivity index (χ1v) is 20.0. The van der Waals surface area contributed by atoms with Crippen LogP contribution in [0.2, 0.25) is 0 Å². The highest BCUT2D eigenvalue weighted by Gasteiger charge is 2.33. The summed E-state index contributed by atoms with van der Waals surface area (Å²) in [6.07, 6.45) is 16.4. The maximum Gasteiger partial charge on any atom is 0.294 e. The average molecular weight is 752 g/mol. The molecule has 54 heavy (non-hydrogen) atoms. The zero-order valence-corrected chi connectivity index (χ0v) is 33.5. The minimum absolute atomic E-state index is 0.0876. The standard InChI is InChI=1S/C42H65N5O7/c1-6-7-8-9-10-11-12-13-14-15-25-42(33-43,37-19-22-39(51-4)40(30-37)52-5)26-16-27-45(3)34(2)36-17-20-38(21-18-36)53-32-41(48)44-46-28-23-35(24-29-46)31-54-47(49)50/h17-22,30,34-35H,6-16,23-29,31-32H2,1-5H3,(H,44,48). The van der Waals surface area contributed by atoms with E-state index in [0.29, 0.717) is 43.2 Å². The molecule has 0 aromatic heterocycles. The number of carbonyl (C=O) groups excluding carboxylic acids is 1. The SMILES string of the molecule is CCCCCCCCCCCCC(C#N)(CCCN(C)C(C)c1ccc(OCC(=O)NN2CCC(CO[N+](=O)[O-])CC2)cc1)c1ccc(OC)c(OC)c1. The van der Waals surface area contributed by atoms with Crippen LogP contribution in [0, 0.1) is 27.4 Å². The van der Waals surface area contributed by atoms with Crippen LogP contribution in [0.3, 0.4) is 0 Å². The summed E-state index contributed by atoms with van der Waals surface area (Å²) in [6, 6.07) is 16.7. The molecule has 0 aliphatic carbocycles. The molecule has 2 atom stereocenters. The zero-order chi connectivity index (χ0) is 39.2. The van der Waals surface area contributed by atoms with Crippen molar-refractivity contribution in [3.63, 3.8) is 0 Å². The van der Waals surface area contributed by atoms with Gasteiger partial charge in [0.1, 0.15) is 5.75 Å². The maximum absolute atomic E-state index is 12.5. The molecule has 0 spiro atoms. The lowest BCUT2D eigenvalue weighted by Crippen LogP contribution is -2.48. The largest absolute Gasteiger partial charge is 0.493 e. The summed E-state index contributed by atoms with van der Waals surface area (Å²) < 4.78 is 16.9. The van der Waals surface area contributed by atoms with Gasteiger partial charge in [-0.05, 0) is 93.9 Å². The van der Waals surface area contributed by atoms with Gasteiger partial charge >= 0.3 is 0 Å². The van der Waals surface area contributed by atoms with Crippen LogP contribution in [0.5, 0.6) is 17.2 Å². The topological polar surface area (TPSA) is 139 Å². The Balaban J connectivity index is 1.49. The summed E-state index contributed by atoms with van der Waals surface area (Å²) in [7, 11) is 5.38. The van der Waals surface area contributed by atoms with Crippen molar-refractivity contribution in [1.29, 1.82) is 5.26 Å². The Kier molecular flexibility index (Phi) is 20.0. The van der Waals surface area contributed by atoms with E-state index in [1.165, 1.54) is 51.4 Å². The Hall–Kier alpha value is -4.08. The number of nitrogens with zero attached hydrogens (tertiary/aromatic N) is 4. The van der Waals surface area contributed by atoms with Crippen LogP contribution < -0.4 is 19.6 Å². The predicted octanol–water partition coefficient (Wildman–Crippen LogP) is 8.58. The van der Waals surface area contributed by atoms with E-state index in [2.05, 4.69) is 42.1 Å². The Morgan fingerprint density at radius 3 is 2.17 bits per heavy atom. The number of unbranched alkanes of at least 4 members (excludes halogenated alkanes) is 9. The fourth-order valence-corrected chi connectivity index (χ4v) is 7.29. The number of methoxy groups -OCH3 is 2. The first-order valence-electron chi connectivity index (χ1n) is 20.0. The van der Waals surface area contributed by atoms with Gasteiger partial charge in [0.2, 0.25) is 0 Å². The van der Waals surface area contributed by atoms with Crippen LogP contribution in [0.4, 0.5) is 0 Å². The molecule has 12 nitrogen and oxygen atoms in total. The van der Waals surface area contributed by atoms with E-state index in [4.69, 9.17) is 14.2 Å². The number of hydrogen-bond acceptors (Lipinski definition) is 10. The second-order valence-corrected chi connectivity index (χ2v) is 14.8. The highest BCUT2D eigenvalue weighted by Crippen LogP contribution is 2.39. The second-order valence-electron chi connectivity index (χ2n) is 14.8. The lowest BCUT2D eigenvalue weighted by molar-refractivity contribution is -0.759. The summed E-state index contributed by atoms with van der Waals surface area (Å²) in [5.41, 5.74) is 4.37. The molecule has 2 aromatic carbocycles. The van der Waals surface area contributed by atoms with Gasteiger partial charge in [-0.25, -0.2) is 5.01 Å². The van der Waals surface area contributed by atoms with Crippen molar-refractivity contribution >= 4 is 5.91 Å². The van der Waals surface area contributed by atoms with Crippen molar-refractivity contribution in [2.75, 3.05) is 54.1 Å². The van der Waals surface area contributed by atoms with Gasteiger partial charge in [-0.2, -0.15) is 5.26 Å². The molecule has 1 aliphatic rings. The van der Waals surface area contributed by atoms with Crippen molar-refractivity contribution in [2.45, 2.75) is 122 Å². The number of hydrogen-bond donors (Lipinski definition) is 1. The van der Waals surface area contributed by atoms with Gasteiger partial charge in [-0.3, -0.25) is 15.1 Å². The molecule has 12 heteroatoms. The number of nitriles is 1. The second kappa shape index (κ2) is 24.4. The van der Waals surface area contributed by atoms with Crippen molar-refractivity contribution in [1.82, 2.24) is 15.3 Å². The lowest BCUT2D eigenvalue weighted by atomic mass is 9.74. The van der Waals surface area contributed by atoms with Crippen molar-refractivity contribution < 1.29 is 28.9 Å². The van der Waals surface area contributed by atoms with Crippen LogP contribution in [0.15, 0.2) is 42.5 Å². The Morgan fingerprint density at radius 2 is 1.57 bits per heavy atom. The van der Waals surface area contributed by atoms with Gasteiger partial charge in [0.25, 0.3) is 11.0 Å². The molecule has 1 heterocycles. The monoisotopic (exact) mass is 751 g/mol. The molecule has 1 fully saturated rings. The molecule has 0 radical (unpaired) electrons. The van der Waals surface area contributed by atoms with Crippen molar-refractivity contribution in [3.8, 4) is 23.3 Å². The summed E-state index contributed by atoms with van der Waals surface area (Å²) in [6.45, 7) is 6.43. The Morgan fingerprint density at radius 1 is 0.963 bits per heavy atom. The highest BCUT2D eigenvalue weighted by atomic mass is 16.9. The first kappa shape index (κ1) is 44.3. The molecule has 0 saturated carbocycles. The van der Waals surface area contributed by atoms with E-state index < -0.39 is 10.5 Å². The minimum Gasteiger partial charge on any atom is -0.493 e. The fourth-order valence-electron chi connectivity index (χ4n) is 7.29. The van der Waals surface area contributed by atoms with E-state index in [1.54, 1.807) is 14.2 Å². The zero-order valence-electron chi connectivity index (χ0n) is 33.5. The quantitative estimate of drug-likeness (QED) is 0.0536. The highest BCUT2D eigenvalue weighted by molar-refractivity contribution is 5.77. The van der Waals surface area contributed by atoms with Gasteiger partial charge in [-0.15, -0.1) is 10.1 Å². The van der Waals surface area contributed by atoms with Crippen LogP contribution in [0.1, 0.15) is 127 Å².